The van der Waals surface area contributed by atoms with E-state index in [0.29, 0.717) is 18.0 Å². The van der Waals surface area contributed by atoms with E-state index in [0.717, 1.165) is 11.1 Å². The molecule has 186 valence electrons. The minimum absolute atomic E-state index is 0.0259. The molecular formula is C26H27Cl2NO5S. The van der Waals surface area contributed by atoms with Gasteiger partial charge >= 0.3 is 5.97 Å². The van der Waals surface area contributed by atoms with Gasteiger partial charge in [-0.1, -0.05) is 47.5 Å². The average Bonchev–Trinajstić information content (AvgIpc) is 2.83. The van der Waals surface area contributed by atoms with Crippen molar-refractivity contribution < 1.29 is 23.1 Å². The largest absolute Gasteiger partial charge is 0.462 e. The van der Waals surface area contributed by atoms with Crippen LogP contribution in [0.5, 0.6) is 0 Å². The maximum Gasteiger partial charge on any atom is 0.339 e. The summed E-state index contributed by atoms with van der Waals surface area (Å²) in [5.74, 6) is -0.745. The molecule has 0 saturated heterocycles. The first-order valence-corrected chi connectivity index (χ1v) is 13.3. The third kappa shape index (κ3) is 7.06. The number of hydrogen-bond donors (Lipinski definition) is 2. The molecule has 2 atom stereocenters. The molecule has 0 aliphatic rings. The van der Waals surface area contributed by atoms with Crippen LogP contribution in [0, 0.1) is 0 Å². The number of nitrogens with one attached hydrogen (secondary N) is 1. The molecule has 0 heterocycles. The van der Waals surface area contributed by atoms with Crippen LogP contribution in [0.1, 0.15) is 41.4 Å². The van der Waals surface area contributed by atoms with Gasteiger partial charge in [-0.05, 0) is 73.9 Å². The number of aliphatic hydroxyl groups is 1. The number of benzene rings is 3. The number of aliphatic hydroxyl groups excluding tert-OH is 1. The number of rotatable bonds is 10. The highest BCUT2D eigenvalue weighted by molar-refractivity contribution is 7.91. The smallest absolute Gasteiger partial charge is 0.339 e. The molecule has 9 heteroatoms. The van der Waals surface area contributed by atoms with Crippen LogP contribution in [0.4, 0.5) is 0 Å². The van der Waals surface area contributed by atoms with Crippen LogP contribution in [0.15, 0.2) is 76.5 Å². The fraction of sp³-hybridized carbons (Fsp3) is 0.269. The Kier molecular flexibility index (Phi) is 9.33. The zero-order valence-corrected chi connectivity index (χ0v) is 21.7. The van der Waals surface area contributed by atoms with Gasteiger partial charge in [-0.3, -0.25) is 0 Å². The lowest BCUT2D eigenvalue weighted by molar-refractivity contribution is 0.0522. The molecule has 0 aromatic heterocycles. The molecule has 3 aromatic rings. The van der Waals surface area contributed by atoms with E-state index < -0.39 is 21.9 Å². The number of carbonyl (C=O) groups is 1. The molecular weight excluding hydrogens is 509 g/mol. The van der Waals surface area contributed by atoms with Crippen molar-refractivity contribution in [3.05, 3.63) is 93.5 Å². The van der Waals surface area contributed by atoms with Gasteiger partial charge in [0.1, 0.15) is 0 Å². The van der Waals surface area contributed by atoms with Crippen LogP contribution in [0.3, 0.4) is 0 Å². The van der Waals surface area contributed by atoms with E-state index in [-0.39, 0.29) is 33.0 Å². The Balaban J connectivity index is 1.69. The summed E-state index contributed by atoms with van der Waals surface area (Å²) in [6, 6.07) is 17.7. The van der Waals surface area contributed by atoms with Crippen molar-refractivity contribution in [1.82, 2.24) is 5.32 Å². The van der Waals surface area contributed by atoms with Crippen molar-refractivity contribution >= 4 is 39.0 Å². The maximum absolute atomic E-state index is 13.2. The summed E-state index contributed by atoms with van der Waals surface area (Å²) in [7, 11) is -3.97. The average molecular weight is 536 g/mol. The van der Waals surface area contributed by atoms with Crippen LogP contribution in [-0.2, 0) is 21.0 Å². The molecule has 35 heavy (non-hydrogen) atoms. The molecule has 0 amide bonds. The van der Waals surface area contributed by atoms with Gasteiger partial charge in [0.15, 0.2) is 0 Å². The monoisotopic (exact) mass is 535 g/mol. The lowest BCUT2D eigenvalue weighted by atomic mass is 10.1. The van der Waals surface area contributed by atoms with E-state index in [1.807, 2.05) is 13.0 Å². The molecule has 0 aliphatic heterocycles. The quantitative estimate of drug-likeness (QED) is 0.344. The van der Waals surface area contributed by atoms with Crippen molar-refractivity contribution in [2.24, 2.45) is 0 Å². The summed E-state index contributed by atoms with van der Waals surface area (Å²) >= 11 is 12.0. The summed E-state index contributed by atoms with van der Waals surface area (Å²) in [5, 5.41) is 14.5. The van der Waals surface area contributed by atoms with Gasteiger partial charge in [-0.2, -0.15) is 0 Å². The van der Waals surface area contributed by atoms with E-state index in [4.69, 9.17) is 27.9 Å². The zero-order chi connectivity index (χ0) is 25.6. The van der Waals surface area contributed by atoms with E-state index in [1.165, 1.54) is 30.3 Å². The standard InChI is InChI=1S/C26H27Cl2NO5S/c1-3-34-26(31)23-15-21(28)9-12-25(23)35(32,33)22-10-7-18(8-11-22)13-17(2)29-16-24(30)19-5-4-6-20(27)14-19/h4-12,14-15,17,24,29-30H,3,13,16H2,1-2H3/t17-,24+/m1/s1. The predicted octanol–water partition coefficient (Wildman–Crippen LogP) is 5.26. The fourth-order valence-electron chi connectivity index (χ4n) is 3.61. The third-order valence-corrected chi connectivity index (χ3v) is 7.69. The first kappa shape index (κ1) is 27.2. The van der Waals surface area contributed by atoms with Crippen molar-refractivity contribution in [1.29, 1.82) is 0 Å². The predicted molar refractivity (Wildman–Crippen MR) is 137 cm³/mol. The Labute approximate surface area is 215 Å². The normalized spacial score (nSPS) is 13.3. The topological polar surface area (TPSA) is 92.7 Å². The minimum atomic E-state index is -3.97. The lowest BCUT2D eigenvalue weighted by Crippen LogP contribution is -2.32. The van der Waals surface area contributed by atoms with Crippen molar-refractivity contribution in [3.8, 4) is 0 Å². The number of ether oxygens (including phenoxy) is 1. The Morgan fingerprint density at radius 2 is 1.71 bits per heavy atom. The van der Waals surface area contributed by atoms with E-state index in [1.54, 1.807) is 37.3 Å². The van der Waals surface area contributed by atoms with Crippen molar-refractivity contribution in [3.63, 3.8) is 0 Å². The number of halogens is 2. The maximum atomic E-state index is 13.2. The SMILES string of the molecule is CCOC(=O)c1cc(Cl)ccc1S(=O)(=O)c1ccc(C[C@@H](C)NC[C@H](O)c2cccc(Cl)c2)cc1. The zero-order valence-electron chi connectivity index (χ0n) is 19.4. The van der Waals surface area contributed by atoms with Gasteiger partial charge < -0.3 is 15.2 Å². The number of esters is 1. The van der Waals surface area contributed by atoms with E-state index in [9.17, 15) is 18.3 Å². The molecule has 0 spiro atoms. The second kappa shape index (κ2) is 12.0. The van der Waals surface area contributed by atoms with E-state index in [2.05, 4.69) is 5.32 Å². The summed E-state index contributed by atoms with van der Waals surface area (Å²) in [6.07, 6.45) is -0.0749. The van der Waals surface area contributed by atoms with Crippen LogP contribution in [0.25, 0.3) is 0 Å². The fourth-order valence-corrected chi connectivity index (χ4v) is 5.40. The molecule has 2 N–H and O–H groups in total. The highest BCUT2D eigenvalue weighted by Gasteiger charge is 2.25. The molecule has 0 bridgehead atoms. The molecule has 6 nitrogen and oxygen atoms in total. The molecule has 0 aliphatic carbocycles. The Hall–Kier alpha value is -2.42. The third-order valence-electron chi connectivity index (χ3n) is 5.40. The second-order valence-electron chi connectivity index (χ2n) is 8.09. The van der Waals surface area contributed by atoms with Gasteiger partial charge in [-0.25, -0.2) is 13.2 Å². The number of carbonyl (C=O) groups excluding carboxylic acids is 1. The van der Waals surface area contributed by atoms with Crippen LogP contribution >= 0.6 is 23.2 Å². The first-order valence-electron chi connectivity index (χ1n) is 11.1. The molecule has 0 radical (unpaired) electrons. The van der Waals surface area contributed by atoms with Gasteiger partial charge in [0, 0.05) is 22.6 Å². The Bertz CT molecular complexity index is 1280. The second-order valence-corrected chi connectivity index (χ2v) is 10.9. The first-order chi connectivity index (χ1) is 16.6. The Morgan fingerprint density at radius 3 is 2.37 bits per heavy atom. The number of hydrogen-bond acceptors (Lipinski definition) is 6. The summed E-state index contributed by atoms with van der Waals surface area (Å²) in [5.41, 5.74) is 1.55. The van der Waals surface area contributed by atoms with Gasteiger partial charge in [0.05, 0.1) is 28.1 Å². The molecule has 3 rings (SSSR count). The van der Waals surface area contributed by atoms with E-state index >= 15 is 0 Å². The minimum Gasteiger partial charge on any atom is -0.462 e. The van der Waals surface area contributed by atoms with Gasteiger partial charge in [-0.15, -0.1) is 0 Å². The summed E-state index contributed by atoms with van der Waals surface area (Å²) in [6.45, 7) is 4.08. The summed E-state index contributed by atoms with van der Waals surface area (Å²) < 4.78 is 31.5. The molecule has 0 saturated carbocycles. The van der Waals surface area contributed by atoms with Crippen LogP contribution in [-0.4, -0.2) is 38.7 Å². The van der Waals surface area contributed by atoms with Crippen LogP contribution < -0.4 is 5.32 Å². The van der Waals surface area contributed by atoms with Gasteiger partial charge in [0.2, 0.25) is 9.84 Å². The lowest BCUT2D eigenvalue weighted by Gasteiger charge is -2.18. The number of sulfone groups is 1. The van der Waals surface area contributed by atoms with Crippen molar-refractivity contribution in [2.45, 2.75) is 42.2 Å². The Morgan fingerprint density at radius 1 is 1.03 bits per heavy atom. The highest BCUT2D eigenvalue weighted by Crippen LogP contribution is 2.28. The van der Waals surface area contributed by atoms with Gasteiger partial charge in [0.25, 0.3) is 0 Å². The molecule has 0 fully saturated rings. The highest BCUT2D eigenvalue weighted by atomic mass is 35.5. The molecule has 3 aromatic carbocycles. The summed E-state index contributed by atoms with van der Waals surface area (Å²) in [4.78, 5) is 12.2. The van der Waals surface area contributed by atoms with Crippen LogP contribution in [0.2, 0.25) is 10.0 Å². The molecule has 0 unspecified atom stereocenters. The van der Waals surface area contributed by atoms with Crippen molar-refractivity contribution in [2.75, 3.05) is 13.2 Å².